The van der Waals surface area contributed by atoms with Gasteiger partial charge >= 0.3 is 6.18 Å². The molecule has 0 aromatic heterocycles. The minimum atomic E-state index is -4.30. The quantitative estimate of drug-likeness (QED) is 0.800. The Morgan fingerprint density at radius 1 is 1.33 bits per heavy atom. The first-order chi connectivity index (χ1) is 9.91. The van der Waals surface area contributed by atoms with Crippen molar-refractivity contribution in [3.05, 3.63) is 35.4 Å². The first-order valence-electron chi connectivity index (χ1n) is 7.46. The molecule has 118 valence electrons. The van der Waals surface area contributed by atoms with E-state index in [0.717, 1.165) is 25.3 Å². The van der Waals surface area contributed by atoms with Gasteiger partial charge in [-0.25, -0.2) is 0 Å². The van der Waals surface area contributed by atoms with Gasteiger partial charge in [0.15, 0.2) is 0 Å². The molecule has 0 radical (unpaired) electrons. The molecule has 0 aliphatic heterocycles. The lowest BCUT2D eigenvalue weighted by atomic mass is 9.98. The number of hydrogen-bond acceptors (Lipinski definition) is 2. The number of halogens is 3. The van der Waals surface area contributed by atoms with Gasteiger partial charge in [0, 0.05) is 18.7 Å². The number of alkyl halides is 3. The van der Waals surface area contributed by atoms with Crippen LogP contribution >= 0.6 is 0 Å². The highest BCUT2D eigenvalue weighted by Gasteiger charge is 2.35. The highest BCUT2D eigenvalue weighted by Crippen LogP contribution is 2.42. The Morgan fingerprint density at radius 3 is 2.62 bits per heavy atom. The van der Waals surface area contributed by atoms with Crippen molar-refractivity contribution in [1.82, 2.24) is 5.32 Å². The third-order valence-electron chi connectivity index (χ3n) is 3.93. The van der Waals surface area contributed by atoms with Crippen molar-refractivity contribution in [2.75, 3.05) is 6.61 Å². The van der Waals surface area contributed by atoms with E-state index in [2.05, 4.69) is 5.32 Å². The van der Waals surface area contributed by atoms with E-state index in [1.54, 1.807) is 6.07 Å². The normalized spacial score (nSPS) is 18.5. The van der Waals surface area contributed by atoms with Crippen molar-refractivity contribution in [1.29, 1.82) is 0 Å². The molecule has 1 saturated carbocycles. The molecule has 0 amide bonds. The van der Waals surface area contributed by atoms with Gasteiger partial charge in [0.1, 0.15) is 0 Å². The Morgan fingerprint density at radius 2 is 2.05 bits per heavy atom. The molecule has 2 atom stereocenters. The molecule has 0 heterocycles. The SMILES string of the molecule is CC(CCCO)NC(c1cccc(C(F)(F)F)c1)C1CC1. The van der Waals surface area contributed by atoms with Crippen LogP contribution in [0, 0.1) is 5.92 Å². The van der Waals surface area contributed by atoms with Gasteiger partial charge in [-0.3, -0.25) is 0 Å². The van der Waals surface area contributed by atoms with Crippen molar-refractivity contribution < 1.29 is 18.3 Å². The molecular formula is C16H22F3NO. The molecular weight excluding hydrogens is 279 g/mol. The Kier molecular flexibility index (Phi) is 5.27. The summed E-state index contributed by atoms with van der Waals surface area (Å²) in [5.74, 6) is 0.421. The van der Waals surface area contributed by atoms with Crippen LogP contribution in [0.15, 0.2) is 24.3 Å². The van der Waals surface area contributed by atoms with Crippen molar-refractivity contribution in [3.8, 4) is 0 Å². The summed E-state index contributed by atoms with van der Waals surface area (Å²) in [6.45, 7) is 2.16. The smallest absolute Gasteiger partial charge is 0.396 e. The van der Waals surface area contributed by atoms with Crippen LogP contribution in [-0.2, 0) is 6.18 Å². The lowest BCUT2D eigenvalue weighted by molar-refractivity contribution is -0.137. The highest BCUT2D eigenvalue weighted by atomic mass is 19.4. The van der Waals surface area contributed by atoms with Gasteiger partial charge in [0.25, 0.3) is 0 Å². The van der Waals surface area contributed by atoms with E-state index >= 15 is 0 Å². The summed E-state index contributed by atoms with van der Waals surface area (Å²) in [6, 6.07) is 5.77. The summed E-state index contributed by atoms with van der Waals surface area (Å²) >= 11 is 0. The Labute approximate surface area is 123 Å². The Balaban J connectivity index is 2.11. The highest BCUT2D eigenvalue weighted by molar-refractivity contribution is 5.29. The van der Waals surface area contributed by atoms with Crippen LogP contribution in [-0.4, -0.2) is 17.8 Å². The molecule has 1 aromatic rings. The third-order valence-corrected chi connectivity index (χ3v) is 3.93. The van der Waals surface area contributed by atoms with Gasteiger partial charge in [0.2, 0.25) is 0 Å². The predicted molar refractivity (Wildman–Crippen MR) is 75.8 cm³/mol. The van der Waals surface area contributed by atoms with Gasteiger partial charge in [-0.2, -0.15) is 13.2 Å². The largest absolute Gasteiger partial charge is 0.416 e. The summed E-state index contributed by atoms with van der Waals surface area (Å²) in [4.78, 5) is 0. The van der Waals surface area contributed by atoms with E-state index in [1.165, 1.54) is 12.1 Å². The van der Waals surface area contributed by atoms with Gasteiger partial charge in [-0.1, -0.05) is 12.1 Å². The number of aliphatic hydroxyl groups is 1. The van der Waals surface area contributed by atoms with Crippen molar-refractivity contribution in [2.45, 2.75) is 50.9 Å². The van der Waals surface area contributed by atoms with Crippen molar-refractivity contribution >= 4 is 0 Å². The number of nitrogens with one attached hydrogen (secondary N) is 1. The second-order valence-corrected chi connectivity index (χ2v) is 5.87. The van der Waals surface area contributed by atoms with Crippen molar-refractivity contribution in [3.63, 3.8) is 0 Å². The Hall–Kier alpha value is -1.07. The molecule has 0 saturated heterocycles. The fourth-order valence-corrected chi connectivity index (χ4v) is 2.63. The van der Waals surface area contributed by atoms with E-state index in [9.17, 15) is 13.2 Å². The van der Waals surface area contributed by atoms with E-state index in [0.29, 0.717) is 17.9 Å². The number of rotatable bonds is 7. The monoisotopic (exact) mass is 301 g/mol. The second-order valence-electron chi connectivity index (χ2n) is 5.87. The maximum atomic E-state index is 12.8. The minimum Gasteiger partial charge on any atom is -0.396 e. The summed E-state index contributed by atoms with van der Waals surface area (Å²) < 4.78 is 38.5. The first kappa shape index (κ1) is 16.3. The molecule has 2 N–H and O–H groups in total. The van der Waals surface area contributed by atoms with E-state index < -0.39 is 11.7 Å². The molecule has 1 aromatic carbocycles. The third kappa shape index (κ3) is 4.71. The van der Waals surface area contributed by atoms with E-state index in [1.807, 2.05) is 6.92 Å². The van der Waals surface area contributed by atoms with Crippen LogP contribution in [0.2, 0.25) is 0 Å². The van der Waals surface area contributed by atoms with Crippen LogP contribution in [0.5, 0.6) is 0 Å². The molecule has 2 rings (SSSR count). The summed E-state index contributed by atoms with van der Waals surface area (Å²) in [6.07, 6.45) is -0.666. The van der Waals surface area contributed by atoms with Gasteiger partial charge in [-0.05, 0) is 56.2 Å². The molecule has 2 nitrogen and oxygen atoms in total. The maximum absolute atomic E-state index is 12.8. The van der Waals surface area contributed by atoms with Gasteiger partial charge in [0.05, 0.1) is 5.56 Å². The molecule has 0 bridgehead atoms. The molecule has 1 aliphatic rings. The summed E-state index contributed by atoms with van der Waals surface area (Å²) in [5, 5.41) is 12.3. The number of benzene rings is 1. The fraction of sp³-hybridized carbons (Fsp3) is 0.625. The zero-order valence-corrected chi connectivity index (χ0v) is 12.2. The second kappa shape index (κ2) is 6.79. The lowest BCUT2D eigenvalue weighted by Gasteiger charge is -2.24. The van der Waals surface area contributed by atoms with Gasteiger partial charge in [-0.15, -0.1) is 0 Å². The summed E-state index contributed by atoms with van der Waals surface area (Å²) in [7, 11) is 0. The molecule has 21 heavy (non-hydrogen) atoms. The van der Waals surface area contributed by atoms with E-state index in [4.69, 9.17) is 5.11 Å². The number of hydrogen-bond donors (Lipinski definition) is 2. The average Bonchev–Trinajstić information content (AvgIpc) is 3.26. The average molecular weight is 301 g/mol. The molecule has 2 unspecified atom stereocenters. The fourth-order valence-electron chi connectivity index (χ4n) is 2.63. The minimum absolute atomic E-state index is 0.0269. The maximum Gasteiger partial charge on any atom is 0.416 e. The van der Waals surface area contributed by atoms with E-state index in [-0.39, 0.29) is 18.7 Å². The summed E-state index contributed by atoms with van der Waals surface area (Å²) in [5.41, 5.74) is 0.124. The van der Waals surface area contributed by atoms with Crippen LogP contribution in [0.25, 0.3) is 0 Å². The zero-order valence-electron chi connectivity index (χ0n) is 12.2. The van der Waals surface area contributed by atoms with Crippen molar-refractivity contribution in [2.24, 2.45) is 5.92 Å². The van der Waals surface area contributed by atoms with Crippen LogP contribution in [0.1, 0.15) is 49.8 Å². The predicted octanol–water partition coefficient (Wildman–Crippen LogP) is 3.91. The Bertz CT molecular complexity index is 457. The molecule has 0 spiro atoms. The van der Waals surface area contributed by atoms with Crippen LogP contribution in [0.4, 0.5) is 13.2 Å². The lowest BCUT2D eigenvalue weighted by Crippen LogP contribution is -2.32. The van der Waals surface area contributed by atoms with Gasteiger partial charge < -0.3 is 10.4 Å². The van der Waals surface area contributed by atoms with Crippen LogP contribution in [0.3, 0.4) is 0 Å². The van der Waals surface area contributed by atoms with Crippen LogP contribution < -0.4 is 5.32 Å². The zero-order chi connectivity index (χ0) is 15.5. The molecule has 5 heteroatoms. The number of aliphatic hydroxyl groups excluding tert-OH is 1. The topological polar surface area (TPSA) is 32.3 Å². The standard InChI is InChI=1S/C16H22F3NO/c1-11(4-3-9-21)20-15(12-7-8-12)13-5-2-6-14(10-13)16(17,18)19/h2,5-6,10-12,15,20-21H,3-4,7-9H2,1H3. The first-order valence-corrected chi connectivity index (χ1v) is 7.46. The molecule has 1 aliphatic carbocycles. The molecule has 1 fully saturated rings.